The first-order chi connectivity index (χ1) is 11.5. The second kappa shape index (κ2) is 7.43. The lowest BCUT2D eigenvalue weighted by Gasteiger charge is -2.31. The van der Waals surface area contributed by atoms with Gasteiger partial charge in [0.2, 0.25) is 11.8 Å². The smallest absolute Gasteiger partial charge is 0.227 e. The Bertz CT molecular complexity index is 621. The summed E-state index contributed by atoms with van der Waals surface area (Å²) in [5.41, 5.74) is 1.84. The maximum atomic E-state index is 12.6. The van der Waals surface area contributed by atoms with E-state index in [0.717, 1.165) is 24.5 Å². The summed E-state index contributed by atoms with van der Waals surface area (Å²) in [4.78, 5) is 28.1. The second-order valence-corrected chi connectivity index (χ2v) is 7.06. The molecule has 130 valence electrons. The van der Waals surface area contributed by atoms with E-state index in [0.29, 0.717) is 31.0 Å². The minimum Gasteiger partial charge on any atom is -0.370 e. The van der Waals surface area contributed by atoms with E-state index in [4.69, 9.17) is 11.6 Å². The van der Waals surface area contributed by atoms with E-state index < -0.39 is 0 Å². The molecule has 0 spiro atoms. The molecule has 0 saturated carbocycles. The molecule has 2 fully saturated rings. The van der Waals surface area contributed by atoms with Gasteiger partial charge in [0.05, 0.1) is 11.4 Å². The number of benzene rings is 1. The Morgan fingerprint density at radius 3 is 2.42 bits per heavy atom. The van der Waals surface area contributed by atoms with Gasteiger partial charge in [-0.1, -0.05) is 11.6 Å². The first-order valence-corrected chi connectivity index (χ1v) is 9.03. The summed E-state index contributed by atoms with van der Waals surface area (Å²) in [7, 11) is 0. The van der Waals surface area contributed by atoms with Gasteiger partial charge in [0.15, 0.2) is 0 Å². The monoisotopic (exact) mass is 349 g/mol. The molecule has 2 aliphatic heterocycles. The van der Waals surface area contributed by atoms with Gasteiger partial charge in [-0.05, 0) is 43.9 Å². The van der Waals surface area contributed by atoms with Crippen LogP contribution in [0.4, 0.5) is 11.4 Å². The number of hydrogen-bond acceptors (Lipinski definition) is 3. The fourth-order valence-corrected chi connectivity index (χ4v) is 3.71. The number of carbonyl (C=O) groups excluding carboxylic acids is 2. The number of rotatable bonds is 3. The molecule has 2 aliphatic rings. The van der Waals surface area contributed by atoms with E-state index in [-0.39, 0.29) is 17.7 Å². The molecular weight excluding hydrogens is 326 g/mol. The molecule has 2 amide bonds. The fraction of sp³-hybridized carbons (Fsp3) is 0.556. The molecule has 0 atom stereocenters. The molecule has 2 heterocycles. The molecule has 0 aromatic heterocycles. The number of anilines is 2. The number of amides is 2. The second-order valence-electron chi connectivity index (χ2n) is 6.63. The van der Waals surface area contributed by atoms with Crippen molar-refractivity contribution >= 4 is 34.8 Å². The number of piperidine rings is 1. The zero-order valence-electron chi connectivity index (χ0n) is 14.1. The van der Waals surface area contributed by atoms with Crippen molar-refractivity contribution in [2.24, 2.45) is 5.92 Å². The summed E-state index contributed by atoms with van der Waals surface area (Å²) < 4.78 is 0. The van der Waals surface area contributed by atoms with Gasteiger partial charge < -0.3 is 15.1 Å². The molecule has 1 N–H and O–H groups in total. The highest BCUT2D eigenvalue weighted by Crippen LogP contribution is 2.32. The van der Waals surface area contributed by atoms with Crippen LogP contribution in [0, 0.1) is 5.92 Å². The lowest BCUT2D eigenvalue weighted by Crippen LogP contribution is -2.40. The zero-order valence-corrected chi connectivity index (χ0v) is 14.8. The minimum absolute atomic E-state index is 0.0286. The Balaban J connectivity index is 1.68. The molecule has 1 aromatic rings. The topological polar surface area (TPSA) is 52.7 Å². The van der Waals surface area contributed by atoms with Crippen molar-refractivity contribution in [3.05, 3.63) is 23.2 Å². The summed E-state index contributed by atoms with van der Waals surface area (Å²) in [6.45, 7) is 4.92. The van der Waals surface area contributed by atoms with Crippen molar-refractivity contribution in [2.75, 3.05) is 36.4 Å². The fourth-order valence-electron chi connectivity index (χ4n) is 3.53. The van der Waals surface area contributed by atoms with Crippen molar-refractivity contribution in [1.82, 2.24) is 4.90 Å². The number of halogens is 1. The predicted molar refractivity (Wildman–Crippen MR) is 96.5 cm³/mol. The summed E-state index contributed by atoms with van der Waals surface area (Å²) >= 11 is 6.13. The van der Waals surface area contributed by atoms with E-state index in [1.54, 1.807) is 11.8 Å². The third-order valence-electron chi connectivity index (χ3n) is 4.97. The van der Waals surface area contributed by atoms with Crippen molar-refractivity contribution < 1.29 is 9.59 Å². The van der Waals surface area contributed by atoms with Crippen molar-refractivity contribution in [2.45, 2.75) is 32.6 Å². The summed E-state index contributed by atoms with van der Waals surface area (Å²) in [5, 5.41) is 3.70. The molecule has 3 rings (SSSR count). The van der Waals surface area contributed by atoms with Crippen molar-refractivity contribution in [3.8, 4) is 0 Å². The van der Waals surface area contributed by atoms with Gasteiger partial charge in [0.25, 0.3) is 0 Å². The van der Waals surface area contributed by atoms with Crippen molar-refractivity contribution in [1.29, 1.82) is 0 Å². The maximum absolute atomic E-state index is 12.6. The first-order valence-electron chi connectivity index (χ1n) is 8.65. The van der Waals surface area contributed by atoms with Crippen LogP contribution in [-0.4, -0.2) is 42.9 Å². The summed E-state index contributed by atoms with van der Waals surface area (Å²) in [6.07, 6.45) is 3.79. The molecule has 6 heteroatoms. The lowest BCUT2D eigenvalue weighted by molar-refractivity contribution is -0.132. The first kappa shape index (κ1) is 17.1. The Morgan fingerprint density at radius 2 is 1.79 bits per heavy atom. The maximum Gasteiger partial charge on any atom is 0.227 e. The molecule has 0 aliphatic carbocycles. The number of nitrogens with one attached hydrogen (secondary N) is 1. The highest BCUT2D eigenvalue weighted by molar-refractivity contribution is 6.31. The van der Waals surface area contributed by atoms with Gasteiger partial charge in [0.1, 0.15) is 0 Å². The van der Waals surface area contributed by atoms with Gasteiger partial charge >= 0.3 is 0 Å². The van der Waals surface area contributed by atoms with Crippen LogP contribution in [-0.2, 0) is 9.59 Å². The molecular formula is C18H24ClN3O2. The number of likely N-dealkylation sites (tertiary alicyclic amines) is 1. The van der Waals surface area contributed by atoms with Gasteiger partial charge in [0, 0.05) is 44.0 Å². The normalized spacial score (nSPS) is 18.8. The van der Waals surface area contributed by atoms with Crippen LogP contribution in [0.25, 0.3) is 0 Å². The highest BCUT2D eigenvalue weighted by Gasteiger charge is 2.27. The van der Waals surface area contributed by atoms with Crippen LogP contribution in [0.2, 0.25) is 5.02 Å². The van der Waals surface area contributed by atoms with Crippen molar-refractivity contribution in [3.63, 3.8) is 0 Å². The van der Waals surface area contributed by atoms with E-state index in [9.17, 15) is 9.59 Å². The quantitative estimate of drug-likeness (QED) is 0.912. The third-order valence-corrected chi connectivity index (χ3v) is 5.21. The van der Waals surface area contributed by atoms with E-state index in [1.165, 1.54) is 12.8 Å². The lowest BCUT2D eigenvalue weighted by atomic mass is 9.95. The van der Waals surface area contributed by atoms with Gasteiger partial charge in [-0.15, -0.1) is 0 Å². The van der Waals surface area contributed by atoms with Crippen LogP contribution in [0.3, 0.4) is 0 Å². The Kier molecular flexibility index (Phi) is 5.29. The Hall–Kier alpha value is -1.75. The van der Waals surface area contributed by atoms with Crippen LogP contribution < -0.4 is 10.2 Å². The van der Waals surface area contributed by atoms with Crippen LogP contribution in [0.5, 0.6) is 0 Å². The predicted octanol–water partition coefficient (Wildman–Crippen LogP) is 3.14. The van der Waals surface area contributed by atoms with Crippen LogP contribution in [0.15, 0.2) is 18.2 Å². The highest BCUT2D eigenvalue weighted by atomic mass is 35.5. The SMILES string of the molecule is CC(=O)N1CCC(C(=O)Nc2cc(Cl)ccc2N2CCCC2)CC1. The summed E-state index contributed by atoms with van der Waals surface area (Å²) in [5.74, 6) is 0.0620. The minimum atomic E-state index is -0.0500. The van der Waals surface area contributed by atoms with Gasteiger partial charge in [-0.25, -0.2) is 0 Å². The average molecular weight is 350 g/mol. The summed E-state index contributed by atoms with van der Waals surface area (Å²) in [6, 6.07) is 5.69. The number of carbonyl (C=O) groups is 2. The van der Waals surface area contributed by atoms with Gasteiger partial charge in [-0.3, -0.25) is 9.59 Å². The molecule has 2 saturated heterocycles. The van der Waals surface area contributed by atoms with Crippen LogP contribution in [0.1, 0.15) is 32.6 Å². The van der Waals surface area contributed by atoms with Gasteiger partial charge in [-0.2, -0.15) is 0 Å². The van der Waals surface area contributed by atoms with E-state index in [1.807, 2.05) is 18.2 Å². The molecule has 5 nitrogen and oxygen atoms in total. The third kappa shape index (κ3) is 3.83. The molecule has 0 unspecified atom stereocenters. The zero-order chi connectivity index (χ0) is 17.1. The van der Waals surface area contributed by atoms with E-state index >= 15 is 0 Å². The molecule has 1 aromatic carbocycles. The average Bonchev–Trinajstić information content (AvgIpc) is 3.09. The molecule has 0 radical (unpaired) electrons. The number of nitrogens with zero attached hydrogens (tertiary/aromatic N) is 2. The largest absolute Gasteiger partial charge is 0.370 e. The molecule has 0 bridgehead atoms. The Labute approximate surface area is 147 Å². The number of hydrogen-bond donors (Lipinski definition) is 1. The van der Waals surface area contributed by atoms with E-state index in [2.05, 4.69) is 10.2 Å². The standard InChI is InChI=1S/C18H24ClN3O2/c1-13(23)21-10-6-14(7-11-21)18(24)20-16-12-15(19)4-5-17(16)22-8-2-3-9-22/h4-5,12,14H,2-3,6-11H2,1H3,(H,20,24). The van der Waals surface area contributed by atoms with Crippen LogP contribution >= 0.6 is 11.6 Å². The molecule has 24 heavy (non-hydrogen) atoms. The Morgan fingerprint density at radius 1 is 1.12 bits per heavy atom.